The summed E-state index contributed by atoms with van der Waals surface area (Å²) in [5, 5.41) is 81.6. The average Bonchev–Trinajstić information content (AvgIpc) is 1.62. The zero-order valence-corrected chi connectivity index (χ0v) is 99.4. The number of ether oxygens (including phenoxy) is 5. The van der Waals surface area contributed by atoms with Gasteiger partial charge in [0.15, 0.2) is 11.6 Å². The van der Waals surface area contributed by atoms with Crippen LogP contribution in [0.5, 0.6) is 0 Å². The molecule has 38 heteroatoms. The quantitative estimate of drug-likeness (QED) is 0.0135. The minimum atomic E-state index is -0.919. The zero-order valence-electron chi connectivity index (χ0n) is 97.7. The van der Waals surface area contributed by atoms with Crippen molar-refractivity contribution in [3.8, 4) is 0 Å². The number of carbonyl (C=O) groups excluding carboxylic acids is 10. The van der Waals surface area contributed by atoms with Gasteiger partial charge in [-0.3, -0.25) is 53.1 Å². The summed E-state index contributed by atoms with van der Waals surface area (Å²) in [6.45, 7) is 70.3. The number of likely N-dealkylation sites (tertiary alicyclic amines) is 5. The van der Waals surface area contributed by atoms with Crippen LogP contribution in [0.1, 0.15) is 375 Å². The fourth-order valence-corrected chi connectivity index (χ4v) is 17.8. The maximum absolute atomic E-state index is 13.9. The third-order valence-corrected chi connectivity index (χ3v) is 24.5. The Kier molecular flexibility index (Phi) is 61.0. The molecule has 6 heterocycles. The van der Waals surface area contributed by atoms with E-state index in [2.05, 4.69) is 108 Å². The first-order valence-corrected chi connectivity index (χ1v) is 54.5. The molecule has 12 N–H and O–H groups in total. The summed E-state index contributed by atoms with van der Waals surface area (Å²) in [6, 6.07) is -1.95. The summed E-state index contributed by atoms with van der Waals surface area (Å²) in [4.78, 5) is 161. The van der Waals surface area contributed by atoms with Gasteiger partial charge < -0.3 is 101 Å². The second-order valence-electron chi connectivity index (χ2n) is 50.6. The Balaban J connectivity index is 0.00000178. The van der Waals surface area contributed by atoms with Crippen LogP contribution in [0.4, 0.5) is 0 Å². The van der Waals surface area contributed by atoms with E-state index >= 15 is 0 Å². The molecule has 4 amide bonds. The summed E-state index contributed by atoms with van der Waals surface area (Å²) in [5.41, 5.74) is -4.33. The number of Topliss-reactive ketones (excluding diaryl/α,β-unsaturated/α-hetero) is 2. The van der Waals surface area contributed by atoms with E-state index in [9.17, 15) is 73.2 Å². The van der Waals surface area contributed by atoms with Crippen molar-refractivity contribution in [1.82, 2.24) is 61.1 Å². The molecule has 148 heavy (non-hydrogen) atoms. The van der Waals surface area contributed by atoms with Crippen LogP contribution in [-0.4, -0.2) is 326 Å². The summed E-state index contributed by atoms with van der Waals surface area (Å²) in [7, 11) is 9.55. The number of halogens is 1. The molecule has 2 saturated carbocycles. The number of hydrogen-bond donors (Lipinski definition) is 12. The number of likely N-dealkylation sites (N-methyl/N-ethyl adjacent to an activating group) is 3. The van der Waals surface area contributed by atoms with Gasteiger partial charge in [-0.25, -0.2) is 24.4 Å². The Morgan fingerprint density at radius 3 is 0.986 bits per heavy atom. The van der Waals surface area contributed by atoms with E-state index in [0.717, 1.165) is 57.8 Å². The molecular formula is C110H201ClCuN13O23. The van der Waals surface area contributed by atoms with E-state index in [1.807, 2.05) is 156 Å². The number of nitrogens with one attached hydrogen (secondary N) is 5. The van der Waals surface area contributed by atoms with E-state index in [-0.39, 0.29) is 134 Å². The molecule has 7 aliphatic rings. The van der Waals surface area contributed by atoms with E-state index < -0.39 is 141 Å². The molecule has 8 rings (SSSR count). The van der Waals surface area contributed by atoms with Crippen molar-refractivity contribution >= 4 is 81.2 Å². The van der Waals surface area contributed by atoms with Crippen molar-refractivity contribution in [1.29, 1.82) is 0 Å². The van der Waals surface area contributed by atoms with Crippen molar-refractivity contribution in [3.05, 3.63) is 36.7 Å². The molecule has 15 atom stereocenters. The van der Waals surface area contributed by atoms with E-state index in [4.69, 9.17) is 39.0 Å². The molecule has 36 nitrogen and oxygen atoms in total. The molecule has 7 fully saturated rings. The number of aliphatic imine (C=N–C) groups is 1. The van der Waals surface area contributed by atoms with Gasteiger partial charge in [0.05, 0.1) is 54.4 Å². The maximum atomic E-state index is 13.9. The van der Waals surface area contributed by atoms with Gasteiger partial charge in [0, 0.05) is 144 Å². The number of hydrogen-bond acceptors (Lipinski definition) is 30. The van der Waals surface area contributed by atoms with E-state index in [1.54, 1.807) is 95.0 Å². The molecule has 0 spiro atoms. The second-order valence-corrected chi connectivity index (χ2v) is 50.6. The van der Waals surface area contributed by atoms with Crippen molar-refractivity contribution in [3.63, 3.8) is 0 Å². The van der Waals surface area contributed by atoms with Gasteiger partial charge in [-0.05, 0) is 261 Å². The van der Waals surface area contributed by atoms with Crippen molar-refractivity contribution in [2.24, 2.45) is 50.8 Å². The van der Waals surface area contributed by atoms with Crippen molar-refractivity contribution < 1.29 is 127 Å². The minimum absolute atomic E-state index is 0.00101. The van der Waals surface area contributed by atoms with Crippen LogP contribution in [0, 0.1) is 45.8 Å². The molecule has 2 aliphatic carbocycles. The predicted molar refractivity (Wildman–Crippen MR) is 576 cm³/mol. The number of aliphatic hydroxyl groups excluding tert-OH is 5. The topological polar surface area (TPSA) is 490 Å². The zero-order chi connectivity index (χ0) is 115. The SMILES string of the molecule is CC(C)(C)O.CC(C)(C)OC(=O)[C@@H]1C[C@H](O)CN1C(=O)[C@@H](CC(=O)[C@@H](NC(=O)c1cnccn1)C1CCCCC1)C(C)(C)C.CC(C)N/C=C/NC(C)C.CC(C)N=C(NC(C)C)OC(C)(C)C.CC[C@H](C(=O)N1C[C@@H](O)C[C@H]1C(=O)OC(C)(C)C)C(C)(C)C.CN1C[C@@H](O)C[C@H]1C(=O)O.CN1C[C@@H](O)C[C@H]1C(=O)OC(C)(C)C.CN[C@H](C(=O)C[C@H](C(=O)N1C[C@@H](O)C[C@H]1C(=O)OC(C)(C)C)C(C)(C)C)C1CCCCC1.[Cl][Cu]. The molecular weight excluding hydrogens is 1970 g/mol. The van der Waals surface area contributed by atoms with Crippen molar-refractivity contribution in [2.75, 3.05) is 53.9 Å². The Morgan fingerprint density at radius 2 is 0.730 bits per heavy atom. The van der Waals surface area contributed by atoms with Crippen LogP contribution < -0.4 is 26.6 Å². The first-order valence-electron chi connectivity index (χ1n) is 53.2. The van der Waals surface area contributed by atoms with Gasteiger partial charge in [0.25, 0.3) is 11.9 Å². The number of carboxylic acid groups (broad SMARTS) is 1. The third-order valence-electron chi connectivity index (χ3n) is 24.5. The van der Waals surface area contributed by atoms with Gasteiger partial charge in [-0.1, -0.05) is 108 Å². The van der Waals surface area contributed by atoms with Crippen LogP contribution in [0.25, 0.3) is 0 Å². The van der Waals surface area contributed by atoms with Crippen LogP contribution >= 0.6 is 10.1 Å². The van der Waals surface area contributed by atoms with Gasteiger partial charge in [-0.15, -0.1) is 0 Å². The van der Waals surface area contributed by atoms with Crippen LogP contribution in [0.15, 0.2) is 36.0 Å². The fourth-order valence-electron chi connectivity index (χ4n) is 17.8. The van der Waals surface area contributed by atoms with Crippen LogP contribution in [0.2, 0.25) is 0 Å². The molecule has 1 aromatic rings. The Labute approximate surface area is 901 Å². The first kappa shape index (κ1) is 141. The summed E-state index contributed by atoms with van der Waals surface area (Å²) < 4.78 is 27.4. The standard InChI is InChI=1S/C29H44N4O6.C25H44N2O5.C17H31NO4.C11H24N2O.C10H19NO3.C8H18N2.C6H11NO3.C4H10O.ClH.Cu/c1-28(2,3)20(26(37)33-17-19(34)14-22(33)27(38)39-29(4,5)6)15-23(35)24(18-10-8-7-9-11-18)32-25(36)21-16-30-12-13-31-21;1-24(2,3)18(14-20(29)21(26-7)16-11-9-8-10-12-16)22(30)27-15-17(28)13-19(27)23(31)32-25(4,5)6;1-8-12(16(2,3)4)14(20)18-10-11(19)9-13(18)15(21)22-17(5,6)7;1-8(2)12-10(13-9(3)4)14-11(5,6)7;1-10(2,3)14-9(13)8-5-7(12)6-11(8)4;1-7(2)9-5-6-10-8(3)4;1-7-3-4(8)2-5(7)6(9)10;1-4(2,3)5;;/h12-13,16,18-20,22,24,34H,7-11,14-15,17H2,1-6H3,(H,32,36);16-19,21,26,28H,8-15H2,1-7H3;11-13,19H,8-10H2,1-7H3;8-9H,1-7H3,(H,12,13);7-8,12H,5-6H2,1-4H3;5-10H,1-4H3;4-5,8H,2-3H2,1H3,(H,9,10);5H,1-3H3;1H;/q;;;;;;;;;+1/p-1/b;;;;;6-5+;;;;/t19-,20+,22-,24-;17-,18+,19-,21-;11-,12+,13-;;7-,8-;;4-,5-;;;/m000.0.0.../s1. The number of ketones is 2. The Morgan fingerprint density at radius 1 is 0.432 bits per heavy atom. The van der Waals surface area contributed by atoms with E-state index in [1.165, 1.54) is 39.7 Å². The van der Waals surface area contributed by atoms with Gasteiger partial charge in [0.2, 0.25) is 17.7 Å². The molecule has 1 aromatic heterocycles. The summed E-state index contributed by atoms with van der Waals surface area (Å²) in [6.07, 6.45) is 17.2. The summed E-state index contributed by atoms with van der Waals surface area (Å²) in [5.74, 6) is -5.17. The molecule has 5 saturated heterocycles. The second kappa shape index (κ2) is 64.1. The normalized spacial score (nSPS) is 22.4. The number of aromatic nitrogens is 2. The van der Waals surface area contributed by atoms with Crippen molar-refractivity contribution in [2.45, 2.75) is 495 Å². The van der Waals surface area contributed by atoms with Gasteiger partial charge in [-0.2, -0.15) is 0 Å². The number of aliphatic carboxylic acids is 1. The summed E-state index contributed by atoms with van der Waals surface area (Å²) >= 11 is 3.66. The monoisotopic (exact) mass is 2170 g/mol. The molecule has 862 valence electrons. The number of β-amino-alcohol motifs (C(OH)–C–C–N with tert-alkyl or cyclic N) is 5. The number of carbonyl (C=O) groups is 11. The number of aliphatic hydroxyl groups is 6. The van der Waals surface area contributed by atoms with E-state index in [0.29, 0.717) is 62.4 Å². The Bertz CT molecular complexity index is 4190. The molecule has 0 aromatic carbocycles. The number of carboxylic acids is 1. The molecule has 0 unspecified atom stereocenters. The predicted octanol–water partition coefficient (Wildman–Crippen LogP) is 13.5. The number of esters is 4. The van der Waals surface area contributed by atoms with Gasteiger partial charge >= 0.3 is 55.0 Å². The van der Waals surface area contributed by atoms with Crippen LogP contribution in [0.3, 0.4) is 0 Å². The molecule has 0 radical (unpaired) electrons. The average molecular weight is 2170 g/mol. The van der Waals surface area contributed by atoms with Gasteiger partial charge in [0.1, 0.15) is 63.9 Å². The molecule has 5 aliphatic heterocycles. The van der Waals surface area contributed by atoms with Crippen LogP contribution in [-0.2, 0) is 86.7 Å². The first-order chi connectivity index (χ1) is 67.5. The number of rotatable bonds is 26. The number of amides is 4. The number of amidine groups is 1. The molecule has 0 bridgehead atoms. The third kappa shape index (κ3) is 57.1. The number of nitrogens with zero attached hydrogens (tertiary/aromatic N) is 8. The Hall–Kier alpha value is -7.29. The fraction of sp³-hybridized carbons (Fsp3) is 0.836.